The van der Waals surface area contributed by atoms with Crippen LogP contribution in [0.15, 0.2) is 18.2 Å². The minimum atomic E-state index is -4.55. The first kappa shape index (κ1) is 19.0. The van der Waals surface area contributed by atoms with Crippen molar-refractivity contribution in [1.29, 1.82) is 0 Å². The van der Waals surface area contributed by atoms with Gasteiger partial charge < -0.3 is 14.9 Å². The van der Waals surface area contributed by atoms with Crippen LogP contribution in [-0.2, 0) is 6.18 Å². The van der Waals surface area contributed by atoms with Crippen molar-refractivity contribution in [2.75, 3.05) is 31.1 Å². The Morgan fingerprint density at radius 3 is 2.19 bits per heavy atom. The molecule has 1 aromatic carbocycles. The van der Waals surface area contributed by atoms with Crippen molar-refractivity contribution in [3.8, 4) is 0 Å². The molecule has 0 amide bonds. The standard InChI is InChI=1S/C19H25F3N2O2/c1-13-2-6-23(7-3-13)16-4-8-24(9-5-16)17-11-14(18(25)26)10-15(12-17)19(20,21)22/h10-13,16H,2-9H2,1H3,(H,25,26). The summed E-state index contributed by atoms with van der Waals surface area (Å²) in [5.41, 5.74) is -0.871. The van der Waals surface area contributed by atoms with E-state index in [2.05, 4.69) is 11.8 Å². The minimum Gasteiger partial charge on any atom is -0.478 e. The van der Waals surface area contributed by atoms with E-state index < -0.39 is 17.7 Å². The van der Waals surface area contributed by atoms with E-state index in [1.807, 2.05) is 4.90 Å². The lowest BCUT2D eigenvalue weighted by molar-refractivity contribution is -0.137. The Kier molecular flexibility index (Phi) is 5.46. The van der Waals surface area contributed by atoms with Gasteiger partial charge in [-0.2, -0.15) is 13.2 Å². The maximum Gasteiger partial charge on any atom is 0.416 e. The van der Waals surface area contributed by atoms with Crippen LogP contribution in [0.2, 0.25) is 0 Å². The van der Waals surface area contributed by atoms with Crippen LogP contribution in [0.5, 0.6) is 0 Å². The molecule has 2 fully saturated rings. The number of anilines is 1. The second-order valence-corrected chi connectivity index (χ2v) is 7.51. The highest BCUT2D eigenvalue weighted by molar-refractivity contribution is 5.89. The largest absolute Gasteiger partial charge is 0.478 e. The van der Waals surface area contributed by atoms with Crippen molar-refractivity contribution in [2.24, 2.45) is 5.92 Å². The Balaban J connectivity index is 1.70. The Morgan fingerprint density at radius 2 is 1.65 bits per heavy atom. The van der Waals surface area contributed by atoms with E-state index in [1.165, 1.54) is 18.9 Å². The number of hydrogen-bond donors (Lipinski definition) is 1. The molecular weight excluding hydrogens is 345 g/mol. The molecule has 1 N–H and O–H groups in total. The maximum atomic E-state index is 13.1. The van der Waals surface area contributed by atoms with E-state index in [0.29, 0.717) is 30.9 Å². The summed E-state index contributed by atoms with van der Waals surface area (Å²) in [6.07, 6.45) is -0.352. The predicted octanol–water partition coefficient (Wildman–Crippen LogP) is 4.10. The van der Waals surface area contributed by atoms with Crippen molar-refractivity contribution in [3.05, 3.63) is 29.3 Å². The third-order valence-electron chi connectivity index (χ3n) is 5.66. The Morgan fingerprint density at radius 1 is 1.04 bits per heavy atom. The van der Waals surface area contributed by atoms with Crippen molar-refractivity contribution >= 4 is 11.7 Å². The third-order valence-corrected chi connectivity index (χ3v) is 5.66. The summed E-state index contributed by atoms with van der Waals surface area (Å²) < 4.78 is 39.3. The molecule has 2 aliphatic heterocycles. The first-order valence-corrected chi connectivity index (χ1v) is 9.18. The molecule has 2 aliphatic rings. The summed E-state index contributed by atoms with van der Waals surface area (Å²) in [4.78, 5) is 15.6. The summed E-state index contributed by atoms with van der Waals surface area (Å²) in [6, 6.07) is 3.59. The quantitative estimate of drug-likeness (QED) is 0.870. The molecule has 0 atom stereocenters. The number of carboxylic acids is 1. The van der Waals surface area contributed by atoms with E-state index in [-0.39, 0.29) is 5.56 Å². The van der Waals surface area contributed by atoms with Gasteiger partial charge in [-0.25, -0.2) is 4.79 Å². The SMILES string of the molecule is CC1CCN(C2CCN(c3cc(C(=O)O)cc(C(F)(F)F)c3)CC2)CC1. The number of halogens is 3. The lowest BCUT2D eigenvalue weighted by atomic mass is 9.94. The van der Waals surface area contributed by atoms with Gasteiger partial charge in [0.1, 0.15) is 0 Å². The highest BCUT2D eigenvalue weighted by atomic mass is 19.4. The van der Waals surface area contributed by atoms with Gasteiger partial charge in [-0.3, -0.25) is 0 Å². The zero-order valence-corrected chi connectivity index (χ0v) is 14.9. The first-order valence-electron chi connectivity index (χ1n) is 9.18. The molecule has 1 aromatic rings. The molecule has 0 aliphatic carbocycles. The van der Waals surface area contributed by atoms with Crippen LogP contribution in [0.4, 0.5) is 18.9 Å². The Bertz CT molecular complexity index is 647. The summed E-state index contributed by atoms with van der Waals surface area (Å²) in [5, 5.41) is 9.14. The van der Waals surface area contributed by atoms with Crippen LogP contribution in [-0.4, -0.2) is 48.2 Å². The molecule has 0 bridgehead atoms. The Labute approximate surface area is 151 Å². The number of carbonyl (C=O) groups is 1. The first-order chi connectivity index (χ1) is 12.2. The van der Waals surface area contributed by atoms with E-state index in [9.17, 15) is 18.0 Å². The molecule has 144 valence electrons. The topological polar surface area (TPSA) is 43.8 Å². The zero-order chi connectivity index (χ0) is 18.9. The fraction of sp³-hybridized carbons (Fsp3) is 0.632. The van der Waals surface area contributed by atoms with Gasteiger partial charge in [-0.15, -0.1) is 0 Å². The van der Waals surface area contributed by atoms with Crippen LogP contribution in [0.25, 0.3) is 0 Å². The van der Waals surface area contributed by atoms with Crippen LogP contribution < -0.4 is 4.90 Å². The van der Waals surface area contributed by atoms with Crippen LogP contribution in [0.3, 0.4) is 0 Å². The molecule has 26 heavy (non-hydrogen) atoms. The van der Waals surface area contributed by atoms with Crippen LogP contribution in [0, 0.1) is 5.92 Å². The summed E-state index contributed by atoms with van der Waals surface area (Å²) in [7, 11) is 0. The normalized spacial score (nSPS) is 21.2. The average Bonchev–Trinajstić information content (AvgIpc) is 2.61. The van der Waals surface area contributed by atoms with E-state index in [4.69, 9.17) is 5.11 Å². The number of piperidine rings is 2. The molecule has 7 heteroatoms. The second kappa shape index (κ2) is 7.47. The average molecular weight is 370 g/mol. The van der Waals surface area contributed by atoms with Crippen molar-refractivity contribution in [3.63, 3.8) is 0 Å². The maximum absolute atomic E-state index is 13.1. The smallest absolute Gasteiger partial charge is 0.416 e. The molecule has 0 radical (unpaired) electrons. The molecule has 4 nitrogen and oxygen atoms in total. The fourth-order valence-electron chi connectivity index (χ4n) is 3.96. The highest BCUT2D eigenvalue weighted by Crippen LogP contribution is 2.34. The molecule has 0 saturated carbocycles. The van der Waals surface area contributed by atoms with E-state index in [1.54, 1.807) is 0 Å². The molecule has 0 unspecified atom stereocenters. The lowest BCUT2D eigenvalue weighted by Gasteiger charge is -2.42. The third kappa shape index (κ3) is 4.31. The van der Waals surface area contributed by atoms with Gasteiger partial charge in [-0.1, -0.05) is 6.92 Å². The van der Waals surface area contributed by atoms with Crippen molar-refractivity contribution in [2.45, 2.75) is 44.8 Å². The lowest BCUT2D eigenvalue weighted by Crippen LogP contribution is -2.47. The molecule has 3 rings (SSSR count). The Hall–Kier alpha value is -1.76. The number of benzene rings is 1. The summed E-state index contributed by atoms with van der Waals surface area (Å²) in [6.45, 7) is 5.76. The van der Waals surface area contributed by atoms with Gasteiger partial charge >= 0.3 is 12.1 Å². The molecule has 0 spiro atoms. The monoisotopic (exact) mass is 370 g/mol. The number of rotatable bonds is 3. The zero-order valence-electron chi connectivity index (χ0n) is 14.9. The molecule has 0 aromatic heterocycles. The predicted molar refractivity (Wildman–Crippen MR) is 93.6 cm³/mol. The molecular formula is C19H25F3N2O2. The fourth-order valence-corrected chi connectivity index (χ4v) is 3.96. The van der Waals surface area contributed by atoms with Gasteiger partial charge in [0.05, 0.1) is 11.1 Å². The number of hydrogen-bond acceptors (Lipinski definition) is 3. The van der Waals surface area contributed by atoms with Gasteiger partial charge in [0, 0.05) is 24.8 Å². The van der Waals surface area contributed by atoms with Crippen LogP contribution >= 0.6 is 0 Å². The highest BCUT2D eigenvalue weighted by Gasteiger charge is 2.33. The number of likely N-dealkylation sites (tertiary alicyclic amines) is 1. The molecule has 2 saturated heterocycles. The number of alkyl halides is 3. The van der Waals surface area contributed by atoms with E-state index >= 15 is 0 Å². The molecule has 2 heterocycles. The van der Waals surface area contributed by atoms with Crippen molar-refractivity contribution < 1.29 is 23.1 Å². The summed E-state index contributed by atoms with van der Waals surface area (Å²) >= 11 is 0. The number of nitrogens with zero attached hydrogens (tertiary/aromatic N) is 2. The summed E-state index contributed by atoms with van der Waals surface area (Å²) in [5.74, 6) is -0.569. The van der Waals surface area contributed by atoms with Gasteiger partial charge in [0.15, 0.2) is 0 Å². The minimum absolute atomic E-state index is 0.318. The van der Waals surface area contributed by atoms with Gasteiger partial charge in [-0.05, 0) is 62.9 Å². The van der Waals surface area contributed by atoms with Crippen LogP contribution in [0.1, 0.15) is 48.5 Å². The number of aromatic carboxylic acids is 1. The van der Waals surface area contributed by atoms with E-state index in [0.717, 1.165) is 37.9 Å². The number of carboxylic acid groups (broad SMARTS) is 1. The van der Waals surface area contributed by atoms with Crippen molar-refractivity contribution in [1.82, 2.24) is 4.90 Å². The second-order valence-electron chi connectivity index (χ2n) is 7.51. The van der Waals surface area contributed by atoms with Gasteiger partial charge in [0.2, 0.25) is 0 Å². The van der Waals surface area contributed by atoms with Gasteiger partial charge in [0.25, 0.3) is 0 Å².